The van der Waals surface area contributed by atoms with Crippen LogP contribution in [0.25, 0.3) is 0 Å². The lowest BCUT2D eigenvalue weighted by Crippen LogP contribution is -2.25. The summed E-state index contributed by atoms with van der Waals surface area (Å²) >= 11 is 0. The topological polar surface area (TPSA) is 66.3 Å². The first kappa shape index (κ1) is 17.3. The number of aromatic nitrogens is 2. The van der Waals surface area contributed by atoms with Crippen LogP contribution in [0.5, 0.6) is 0 Å². The molecule has 1 aliphatic heterocycles. The number of carbonyl (C=O) groups is 1. The van der Waals surface area contributed by atoms with Gasteiger partial charge in [0, 0.05) is 12.7 Å². The molecule has 1 aromatic carbocycles. The summed E-state index contributed by atoms with van der Waals surface area (Å²) in [4.78, 5) is 20.6. The average Bonchev–Trinajstić information content (AvgIpc) is 3.03. The van der Waals surface area contributed by atoms with Crippen molar-refractivity contribution in [1.82, 2.24) is 14.9 Å². The van der Waals surface area contributed by atoms with Crippen LogP contribution in [0.4, 0.5) is 13.2 Å². The standard InChI is InChI=1S/C17H16F3N3O2/c18-17(19,20)14-7-8-21-15(22-14)13-2-1-9-23(13)10-11-3-5-12(6-4-11)16(24)25/h3-8,13H,1-2,9-10H2,(H,24,25). The average molecular weight is 351 g/mol. The number of rotatable bonds is 4. The molecule has 2 heterocycles. The van der Waals surface area contributed by atoms with Crippen molar-refractivity contribution in [2.75, 3.05) is 6.54 Å². The first-order valence-electron chi connectivity index (χ1n) is 7.81. The highest BCUT2D eigenvalue weighted by atomic mass is 19.4. The molecule has 1 N–H and O–H groups in total. The fourth-order valence-electron chi connectivity index (χ4n) is 2.99. The van der Waals surface area contributed by atoms with Crippen molar-refractivity contribution < 1.29 is 23.1 Å². The van der Waals surface area contributed by atoms with E-state index in [1.54, 1.807) is 12.1 Å². The summed E-state index contributed by atoms with van der Waals surface area (Å²) in [5, 5.41) is 8.92. The summed E-state index contributed by atoms with van der Waals surface area (Å²) in [5.41, 5.74) is 0.155. The molecule has 1 fully saturated rings. The van der Waals surface area contributed by atoms with Gasteiger partial charge in [0.2, 0.25) is 0 Å². The summed E-state index contributed by atoms with van der Waals surface area (Å²) in [6.45, 7) is 1.23. The van der Waals surface area contributed by atoms with Gasteiger partial charge in [-0.2, -0.15) is 13.2 Å². The van der Waals surface area contributed by atoms with Crippen LogP contribution in [0.3, 0.4) is 0 Å². The summed E-state index contributed by atoms with van der Waals surface area (Å²) in [6, 6.07) is 7.06. The van der Waals surface area contributed by atoms with Gasteiger partial charge in [-0.05, 0) is 43.1 Å². The lowest BCUT2D eigenvalue weighted by Gasteiger charge is -2.23. The monoisotopic (exact) mass is 351 g/mol. The Morgan fingerprint density at radius 3 is 2.60 bits per heavy atom. The fourth-order valence-corrected chi connectivity index (χ4v) is 2.99. The molecule has 0 bridgehead atoms. The molecule has 132 valence electrons. The quantitative estimate of drug-likeness (QED) is 0.913. The molecule has 0 radical (unpaired) electrons. The second-order valence-electron chi connectivity index (χ2n) is 5.93. The first-order valence-corrected chi connectivity index (χ1v) is 7.81. The molecule has 0 saturated carbocycles. The normalized spacial score (nSPS) is 18.4. The van der Waals surface area contributed by atoms with E-state index in [0.29, 0.717) is 13.0 Å². The van der Waals surface area contributed by atoms with Gasteiger partial charge in [-0.1, -0.05) is 12.1 Å². The molecule has 5 nitrogen and oxygen atoms in total. The zero-order valence-electron chi connectivity index (χ0n) is 13.2. The molecule has 0 aliphatic carbocycles. The Labute approximate surface area is 142 Å². The molecular weight excluding hydrogens is 335 g/mol. The number of nitrogens with zero attached hydrogens (tertiary/aromatic N) is 3. The second-order valence-corrected chi connectivity index (χ2v) is 5.93. The molecule has 1 aliphatic rings. The van der Waals surface area contributed by atoms with E-state index in [0.717, 1.165) is 30.8 Å². The lowest BCUT2D eigenvalue weighted by atomic mass is 10.1. The predicted molar refractivity (Wildman–Crippen MR) is 82.8 cm³/mol. The molecule has 3 rings (SSSR count). The number of hydrogen-bond acceptors (Lipinski definition) is 4. The van der Waals surface area contributed by atoms with Crippen molar-refractivity contribution >= 4 is 5.97 Å². The third kappa shape index (κ3) is 3.96. The van der Waals surface area contributed by atoms with Crippen LogP contribution in [-0.4, -0.2) is 32.5 Å². The number of halogens is 3. The van der Waals surface area contributed by atoms with E-state index in [1.165, 1.54) is 12.1 Å². The van der Waals surface area contributed by atoms with Crippen LogP contribution >= 0.6 is 0 Å². The van der Waals surface area contributed by atoms with Gasteiger partial charge in [0.1, 0.15) is 11.5 Å². The molecule has 1 aromatic heterocycles. The van der Waals surface area contributed by atoms with Crippen LogP contribution in [0.15, 0.2) is 36.5 Å². The minimum Gasteiger partial charge on any atom is -0.478 e. The van der Waals surface area contributed by atoms with Gasteiger partial charge < -0.3 is 5.11 Å². The highest BCUT2D eigenvalue weighted by molar-refractivity contribution is 5.87. The second kappa shape index (κ2) is 6.79. The van der Waals surface area contributed by atoms with Gasteiger partial charge >= 0.3 is 12.1 Å². The van der Waals surface area contributed by atoms with E-state index < -0.39 is 17.8 Å². The number of likely N-dealkylation sites (tertiary alicyclic amines) is 1. The lowest BCUT2D eigenvalue weighted by molar-refractivity contribution is -0.141. The highest BCUT2D eigenvalue weighted by Crippen LogP contribution is 2.33. The zero-order chi connectivity index (χ0) is 18.0. The van der Waals surface area contributed by atoms with Gasteiger partial charge in [-0.25, -0.2) is 14.8 Å². The summed E-state index contributed by atoms with van der Waals surface area (Å²) in [6.07, 6.45) is -1.82. The van der Waals surface area contributed by atoms with E-state index in [1.807, 2.05) is 4.90 Å². The molecule has 1 saturated heterocycles. The third-order valence-electron chi connectivity index (χ3n) is 4.21. The van der Waals surface area contributed by atoms with E-state index in [2.05, 4.69) is 9.97 Å². The highest BCUT2D eigenvalue weighted by Gasteiger charge is 2.35. The van der Waals surface area contributed by atoms with E-state index in [4.69, 9.17) is 5.11 Å². The van der Waals surface area contributed by atoms with Gasteiger partial charge in [0.25, 0.3) is 0 Å². The molecule has 1 unspecified atom stereocenters. The van der Waals surface area contributed by atoms with Crippen LogP contribution in [-0.2, 0) is 12.7 Å². The SMILES string of the molecule is O=C(O)c1ccc(CN2CCCC2c2nccc(C(F)(F)F)n2)cc1. The Morgan fingerprint density at radius 1 is 1.24 bits per heavy atom. The Balaban J connectivity index is 1.78. The molecule has 25 heavy (non-hydrogen) atoms. The summed E-state index contributed by atoms with van der Waals surface area (Å²) in [5.74, 6) is -0.822. The fraction of sp³-hybridized carbons (Fsp3) is 0.353. The maximum atomic E-state index is 12.9. The largest absolute Gasteiger partial charge is 0.478 e. The van der Waals surface area contributed by atoms with E-state index in [9.17, 15) is 18.0 Å². The smallest absolute Gasteiger partial charge is 0.433 e. The first-order chi connectivity index (χ1) is 11.8. The zero-order valence-corrected chi connectivity index (χ0v) is 13.2. The van der Waals surface area contributed by atoms with Crippen molar-refractivity contribution in [3.8, 4) is 0 Å². The maximum Gasteiger partial charge on any atom is 0.433 e. The van der Waals surface area contributed by atoms with Gasteiger partial charge in [0.15, 0.2) is 0 Å². The van der Waals surface area contributed by atoms with E-state index in [-0.39, 0.29) is 17.4 Å². The van der Waals surface area contributed by atoms with Gasteiger partial charge in [-0.15, -0.1) is 0 Å². The minimum absolute atomic E-state index is 0.175. The molecule has 0 amide bonds. The van der Waals surface area contributed by atoms with Crippen molar-refractivity contribution in [2.24, 2.45) is 0 Å². The van der Waals surface area contributed by atoms with E-state index >= 15 is 0 Å². The third-order valence-corrected chi connectivity index (χ3v) is 4.21. The number of benzene rings is 1. The predicted octanol–water partition coefficient (Wildman–Crippen LogP) is 3.53. The number of carboxylic acid groups (broad SMARTS) is 1. The summed E-state index contributed by atoms with van der Waals surface area (Å²) in [7, 11) is 0. The van der Waals surface area contributed by atoms with Crippen molar-refractivity contribution in [3.05, 3.63) is 59.2 Å². The van der Waals surface area contributed by atoms with Crippen LogP contribution in [0, 0.1) is 0 Å². The minimum atomic E-state index is -4.49. The molecule has 8 heteroatoms. The Hall–Kier alpha value is -2.48. The van der Waals surface area contributed by atoms with Crippen molar-refractivity contribution in [1.29, 1.82) is 0 Å². The van der Waals surface area contributed by atoms with Gasteiger partial charge in [0.05, 0.1) is 11.6 Å². The van der Waals surface area contributed by atoms with Crippen LogP contribution in [0.1, 0.15) is 46.3 Å². The van der Waals surface area contributed by atoms with Crippen molar-refractivity contribution in [3.63, 3.8) is 0 Å². The molecule has 1 atom stereocenters. The van der Waals surface area contributed by atoms with Crippen molar-refractivity contribution in [2.45, 2.75) is 31.6 Å². The Morgan fingerprint density at radius 2 is 1.96 bits per heavy atom. The number of aromatic carboxylic acids is 1. The number of alkyl halides is 3. The Bertz CT molecular complexity index is 762. The Kier molecular flexibility index (Phi) is 4.71. The maximum absolute atomic E-state index is 12.9. The molecule has 0 spiro atoms. The molecule has 2 aromatic rings. The van der Waals surface area contributed by atoms with Crippen LogP contribution < -0.4 is 0 Å². The van der Waals surface area contributed by atoms with Crippen LogP contribution in [0.2, 0.25) is 0 Å². The molecular formula is C17H16F3N3O2. The number of carboxylic acids is 1. The van der Waals surface area contributed by atoms with Gasteiger partial charge in [-0.3, -0.25) is 4.90 Å². The number of hydrogen-bond donors (Lipinski definition) is 1. The summed E-state index contributed by atoms with van der Waals surface area (Å²) < 4.78 is 38.6.